The van der Waals surface area contributed by atoms with E-state index in [0.29, 0.717) is 37.6 Å². The number of nitrogens with zero attached hydrogens (tertiary/aromatic N) is 1. The van der Waals surface area contributed by atoms with Gasteiger partial charge in [0, 0.05) is 25.7 Å². The van der Waals surface area contributed by atoms with Crippen LogP contribution in [0.4, 0.5) is 0 Å². The van der Waals surface area contributed by atoms with E-state index in [0.717, 1.165) is 5.56 Å². The maximum absolute atomic E-state index is 13.3. The highest BCUT2D eigenvalue weighted by atomic mass is 32.2. The van der Waals surface area contributed by atoms with E-state index in [1.807, 2.05) is 6.07 Å². The molecule has 11 nitrogen and oxygen atoms in total. The van der Waals surface area contributed by atoms with Gasteiger partial charge >= 0.3 is 0 Å². The standard InChI is InChI=1S/C28H33N3O8S2/c1-37-26-13-12-24(19-27(26)38-2)40(33,34)30-25(18-21-6-4-3-5-7-21)28(32)29-20-22-8-10-23(11-9-22)41(35,36)31-14-16-39-17-15-31/h3-13,19,25,30H,14-18,20H2,1-2H3,(H,29,32)/t25-/m1/s1. The van der Waals surface area contributed by atoms with Crippen LogP contribution in [0.5, 0.6) is 11.5 Å². The number of carbonyl (C=O) groups is 1. The number of morpholine rings is 1. The van der Waals surface area contributed by atoms with Gasteiger partial charge in [-0.2, -0.15) is 9.03 Å². The highest BCUT2D eigenvalue weighted by Gasteiger charge is 2.28. The molecule has 1 aliphatic heterocycles. The second-order valence-electron chi connectivity index (χ2n) is 9.26. The van der Waals surface area contributed by atoms with Crippen LogP contribution >= 0.6 is 0 Å². The molecule has 1 aliphatic rings. The van der Waals surface area contributed by atoms with Gasteiger partial charge in [0.15, 0.2) is 11.5 Å². The smallest absolute Gasteiger partial charge is 0.243 e. The van der Waals surface area contributed by atoms with Crippen molar-refractivity contribution in [2.75, 3.05) is 40.5 Å². The Bertz CT molecular complexity index is 1540. The van der Waals surface area contributed by atoms with E-state index in [4.69, 9.17) is 14.2 Å². The lowest BCUT2D eigenvalue weighted by Gasteiger charge is -2.26. The number of ether oxygens (including phenoxy) is 3. The van der Waals surface area contributed by atoms with Crippen LogP contribution in [0.15, 0.2) is 82.6 Å². The average Bonchev–Trinajstić information content (AvgIpc) is 3.00. The van der Waals surface area contributed by atoms with Gasteiger partial charge in [-0.1, -0.05) is 42.5 Å². The van der Waals surface area contributed by atoms with Crippen LogP contribution in [0.3, 0.4) is 0 Å². The fourth-order valence-electron chi connectivity index (χ4n) is 4.30. The molecular weight excluding hydrogens is 570 g/mol. The summed E-state index contributed by atoms with van der Waals surface area (Å²) < 4.78 is 71.9. The minimum Gasteiger partial charge on any atom is -0.493 e. The van der Waals surface area contributed by atoms with Crippen LogP contribution in [-0.2, 0) is 42.5 Å². The van der Waals surface area contributed by atoms with Crippen molar-refractivity contribution in [3.05, 3.63) is 83.9 Å². The third-order valence-electron chi connectivity index (χ3n) is 6.56. The van der Waals surface area contributed by atoms with Crippen LogP contribution in [0.1, 0.15) is 11.1 Å². The Labute approximate surface area is 240 Å². The molecule has 1 fully saturated rings. The molecule has 3 aromatic carbocycles. The number of carbonyl (C=O) groups excluding carboxylic acids is 1. The molecule has 4 rings (SSSR count). The summed E-state index contributed by atoms with van der Waals surface area (Å²) in [6, 6.07) is 18.3. The maximum atomic E-state index is 13.3. The number of hydrogen-bond acceptors (Lipinski definition) is 8. The fourth-order valence-corrected chi connectivity index (χ4v) is 6.92. The van der Waals surface area contributed by atoms with Crippen molar-refractivity contribution in [1.82, 2.24) is 14.3 Å². The predicted molar refractivity (Wildman–Crippen MR) is 152 cm³/mol. The minimum atomic E-state index is -4.12. The van der Waals surface area contributed by atoms with Crippen molar-refractivity contribution in [1.29, 1.82) is 0 Å². The summed E-state index contributed by atoms with van der Waals surface area (Å²) in [5.74, 6) is 0.0650. The van der Waals surface area contributed by atoms with Crippen molar-refractivity contribution in [3.8, 4) is 11.5 Å². The van der Waals surface area contributed by atoms with Crippen molar-refractivity contribution < 1.29 is 35.8 Å². The highest BCUT2D eigenvalue weighted by Crippen LogP contribution is 2.29. The third-order valence-corrected chi connectivity index (χ3v) is 9.94. The van der Waals surface area contributed by atoms with Crippen LogP contribution in [-0.4, -0.2) is 73.6 Å². The van der Waals surface area contributed by atoms with E-state index < -0.39 is 32.0 Å². The molecule has 1 amide bonds. The first-order valence-corrected chi connectivity index (χ1v) is 15.8. The largest absolute Gasteiger partial charge is 0.493 e. The molecule has 3 aromatic rings. The molecule has 0 spiro atoms. The molecule has 0 radical (unpaired) electrons. The normalized spacial score (nSPS) is 15.2. The molecule has 1 atom stereocenters. The molecule has 0 saturated carbocycles. The Balaban J connectivity index is 1.48. The molecule has 2 N–H and O–H groups in total. The number of nitrogens with one attached hydrogen (secondary N) is 2. The van der Waals surface area contributed by atoms with Crippen molar-refractivity contribution in [2.24, 2.45) is 0 Å². The van der Waals surface area contributed by atoms with E-state index >= 15 is 0 Å². The van der Waals surface area contributed by atoms with Gasteiger partial charge in [-0.3, -0.25) is 4.79 Å². The lowest BCUT2D eigenvalue weighted by atomic mass is 10.1. The van der Waals surface area contributed by atoms with Gasteiger partial charge in [0.25, 0.3) is 0 Å². The molecule has 41 heavy (non-hydrogen) atoms. The van der Waals surface area contributed by atoms with Crippen LogP contribution in [0, 0.1) is 0 Å². The zero-order valence-electron chi connectivity index (χ0n) is 22.8. The molecule has 13 heteroatoms. The van der Waals surface area contributed by atoms with Crippen LogP contribution in [0.25, 0.3) is 0 Å². The fraction of sp³-hybridized carbons (Fsp3) is 0.321. The summed E-state index contributed by atoms with van der Waals surface area (Å²) in [5.41, 5.74) is 1.42. The SMILES string of the molecule is COc1ccc(S(=O)(=O)N[C@H](Cc2ccccc2)C(=O)NCc2ccc(S(=O)(=O)N3CCOCC3)cc2)cc1OC. The van der Waals surface area contributed by atoms with E-state index in [-0.39, 0.29) is 28.5 Å². The molecule has 0 unspecified atom stereocenters. The summed E-state index contributed by atoms with van der Waals surface area (Å²) in [7, 11) is -4.92. The Kier molecular flexibility index (Phi) is 9.99. The van der Waals surface area contributed by atoms with Gasteiger partial charge in [-0.05, 0) is 41.8 Å². The first kappa shape index (κ1) is 30.5. The lowest BCUT2D eigenvalue weighted by molar-refractivity contribution is -0.122. The quantitative estimate of drug-likeness (QED) is 0.320. The average molecular weight is 604 g/mol. The number of methoxy groups -OCH3 is 2. The van der Waals surface area contributed by atoms with Crippen molar-refractivity contribution in [2.45, 2.75) is 28.8 Å². The summed E-state index contributed by atoms with van der Waals surface area (Å²) in [6.45, 7) is 1.36. The Hall–Kier alpha value is -3.49. The molecule has 0 bridgehead atoms. The van der Waals surface area contributed by atoms with Crippen LogP contribution in [0.2, 0.25) is 0 Å². The summed E-state index contributed by atoms with van der Waals surface area (Å²) in [5, 5.41) is 2.77. The van der Waals surface area contributed by atoms with Gasteiger partial charge in [0.1, 0.15) is 6.04 Å². The van der Waals surface area contributed by atoms with Gasteiger partial charge in [-0.15, -0.1) is 0 Å². The molecule has 1 heterocycles. The Morgan fingerprint density at radius 2 is 1.49 bits per heavy atom. The van der Waals surface area contributed by atoms with Gasteiger partial charge in [0.05, 0.1) is 37.2 Å². The molecule has 0 aromatic heterocycles. The Morgan fingerprint density at radius 3 is 2.12 bits per heavy atom. The van der Waals surface area contributed by atoms with Crippen molar-refractivity contribution >= 4 is 26.0 Å². The second kappa shape index (κ2) is 13.4. The van der Waals surface area contributed by atoms with E-state index in [1.54, 1.807) is 36.4 Å². The summed E-state index contributed by atoms with van der Waals surface area (Å²) >= 11 is 0. The van der Waals surface area contributed by atoms with Gasteiger partial charge in [-0.25, -0.2) is 16.8 Å². The van der Waals surface area contributed by atoms with Gasteiger partial charge < -0.3 is 19.5 Å². The number of benzene rings is 3. The van der Waals surface area contributed by atoms with Gasteiger partial charge in [0.2, 0.25) is 26.0 Å². The molecule has 220 valence electrons. The predicted octanol–water partition coefficient (Wildman–Crippen LogP) is 1.93. The second-order valence-corrected chi connectivity index (χ2v) is 12.9. The zero-order chi connectivity index (χ0) is 29.5. The number of amides is 1. The topological polar surface area (TPSA) is 140 Å². The number of hydrogen-bond donors (Lipinski definition) is 2. The lowest BCUT2D eigenvalue weighted by Crippen LogP contribution is -2.47. The minimum absolute atomic E-state index is 0.0695. The van der Waals surface area contributed by atoms with Crippen molar-refractivity contribution in [3.63, 3.8) is 0 Å². The first-order chi connectivity index (χ1) is 19.6. The summed E-state index contributed by atoms with van der Waals surface area (Å²) in [6.07, 6.45) is 0.107. The van der Waals surface area contributed by atoms with Crippen LogP contribution < -0.4 is 19.5 Å². The Morgan fingerprint density at radius 1 is 0.854 bits per heavy atom. The maximum Gasteiger partial charge on any atom is 0.243 e. The molecule has 1 saturated heterocycles. The number of sulfonamides is 2. The summed E-state index contributed by atoms with van der Waals surface area (Å²) in [4.78, 5) is 13.4. The molecule has 0 aliphatic carbocycles. The van der Waals surface area contributed by atoms with E-state index in [9.17, 15) is 21.6 Å². The van der Waals surface area contributed by atoms with E-state index in [1.165, 1.54) is 48.9 Å². The first-order valence-electron chi connectivity index (χ1n) is 12.9. The third kappa shape index (κ3) is 7.63. The highest BCUT2D eigenvalue weighted by molar-refractivity contribution is 7.89. The number of rotatable bonds is 12. The zero-order valence-corrected chi connectivity index (χ0v) is 24.4. The monoisotopic (exact) mass is 603 g/mol. The molecular formula is C28H33N3O8S2. The van der Waals surface area contributed by atoms with E-state index in [2.05, 4.69) is 10.0 Å².